The molecule has 0 aliphatic rings. The van der Waals surface area contributed by atoms with Crippen LogP contribution in [0.5, 0.6) is 5.75 Å². The predicted octanol–water partition coefficient (Wildman–Crippen LogP) is 3.86. The lowest BCUT2D eigenvalue weighted by Crippen LogP contribution is -2.23. The van der Waals surface area contributed by atoms with Gasteiger partial charge >= 0.3 is 0 Å². The van der Waals surface area contributed by atoms with Crippen molar-refractivity contribution in [1.29, 1.82) is 0 Å². The van der Waals surface area contributed by atoms with Gasteiger partial charge in [0.05, 0.1) is 22.9 Å². The van der Waals surface area contributed by atoms with Crippen LogP contribution in [0.3, 0.4) is 0 Å². The van der Waals surface area contributed by atoms with Crippen molar-refractivity contribution < 1.29 is 14.1 Å². The van der Waals surface area contributed by atoms with E-state index >= 15 is 0 Å². The zero-order valence-corrected chi connectivity index (χ0v) is 18.3. The van der Waals surface area contributed by atoms with Crippen LogP contribution >= 0.6 is 22.9 Å². The van der Waals surface area contributed by atoms with Crippen molar-refractivity contribution in [3.8, 4) is 17.0 Å². The Hall–Kier alpha value is -2.81. The van der Waals surface area contributed by atoms with Gasteiger partial charge in [0.25, 0.3) is 5.91 Å². The fourth-order valence-corrected chi connectivity index (χ4v) is 3.80. The van der Waals surface area contributed by atoms with E-state index in [1.807, 2.05) is 30.1 Å². The van der Waals surface area contributed by atoms with Gasteiger partial charge in [-0.05, 0) is 24.3 Å². The van der Waals surface area contributed by atoms with E-state index in [0.29, 0.717) is 39.5 Å². The molecule has 1 aromatic carbocycles. The lowest BCUT2D eigenvalue weighted by molar-refractivity contribution is 0.0951. The Morgan fingerprint density at radius 3 is 2.83 bits per heavy atom. The third-order valence-electron chi connectivity index (χ3n) is 4.52. The van der Waals surface area contributed by atoms with Crippen molar-refractivity contribution in [1.82, 2.24) is 15.4 Å². The maximum absolute atomic E-state index is 12.1. The van der Waals surface area contributed by atoms with Crippen LogP contribution in [0.25, 0.3) is 17.0 Å². The van der Waals surface area contributed by atoms with E-state index in [1.54, 1.807) is 25.3 Å². The van der Waals surface area contributed by atoms with Gasteiger partial charge in [-0.1, -0.05) is 29.4 Å². The largest absolute Gasteiger partial charge is 0.496 e. The number of nitrogens with two attached hydrogens (primary N) is 1. The molecule has 0 saturated heterocycles. The summed E-state index contributed by atoms with van der Waals surface area (Å²) in [5, 5.41) is 6.91. The van der Waals surface area contributed by atoms with E-state index in [0.717, 1.165) is 16.8 Å². The van der Waals surface area contributed by atoms with Gasteiger partial charge in [0.15, 0.2) is 5.76 Å². The summed E-state index contributed by atoms with van der Waals surface area (Å²) in [6, 6.07) is 10.9. The second-order valence-corrected chi connectivity index (χ2v) is 8.25. The molecule has 0 saturated carbocycles. The first kappa shape index (κ1) is 21.9. The summed E-state index contributed by atoms with van der Waals surface area (Å²) >= 11 is 7.09. The number of hydrogen-bond acceptors (Lipinski definition) is 7. The molecule has 0 unspecified atom stereocenters. The molecule has 2 aromatic heterocycles. The molecule has 3 N–H and O–H groups in total. The van der Waals surface area contributed by atoms with E-state index in [2.05, 4.69) is 17.1 Å². The summed E-state index contributed by atoms with van der Waals surface area (Å²) in [6.45, 7) is 5.59. The van der Waals surface area contributed by atoms with Crippen LogP contribution in [0.15, 0.2) is 47.5 Å². The summed E-state index contributed by atoms with van der Waals surface area (Å²) in [4.78, 5) is 14.7. The van der Waals surface area contributed by atoms with Crippen LogP contribution in [0, 0.1) is 0 Å². The molecular formula is C21H23ClN4O3S. The quantitative estimate of drug-likeness (QED) is 0.518. The molecule has 0 atom stereocenters. The van der Waals surface area contributed by atoms with E-state index in [1.165, 1.54) is 11.3 Å². The zero-order valence-electron chi connectivity index (χ0n) is 16.8. The van der Waals surface area contributed by atoms with E-state index in [9.17, 15) is 4.79 Å². The van der Waals surface area contributed by atoms with Gasteiger partial charge in [-0.25, -0.2) is 0 Å². The van der Waals surface area contributed by atoms with Crippen molar-refractivity contribution in [3.05, 3.63) is 63.5 Å². The third kappa shape index (κ3) is 5.02. The van der Waals surface area contributed by atoms with Crippen molar-refractivity contribution >= 4 is 34.5 Å². The lowest BCUT2D eigenvalue weighted by atomic mass is 10.0. The van der Waals surface area contributed by atoms with Gasteiger partial charge in [-0.3, -0.25) is 4.79 Å². The monoisotopic (exact) mass is 446 g/mol. The van der Waals surface area contributed by atoms with Crippen LogP contribution in [0.1, 0.15) is 21.0 Å². The number of nitrogens with zero attached hydrogens (tertiary/aromatic N) is 2. The van der Waals surface area contributed by atoms with Gasteiger partial charge in [-0.15, -0.1) is 11.3 Å². The molecule has 0 spiro atoms. The second-order valence-electron chi connectivity index (χ2n) is 6.54. The van der Waals surface area contributed by atoms with Crippen LogP contribution < -0.4 is 15.8 Å². The van der Waals surface area contributed by atoms with Gasteiger partial charge in [0.1, 0.15) is 11.4 Å². The van der Waals surface area contributed by atoms with E-state index in [-0.39, 0.29) is 12.5 Å². The van der Waals surface area contributed by atoms with Gasteiger partial charge in [-0.2, -0.15) is 0 Å². The number of aromatic nitrogens is 1. The average molecular weight is 447 g/mol. The minimum atomic E-state index is -0.216. The number of benzene rings is 1. The predicted molar refractivity (Wildman–Crippen MR) is 120 cm³/mol. The van der Waals surface area contributed by atoms with E-state index < -0.39 is 0 Å². The topological polar surface area (TPSA) is 93.6 Å². The minimum absolute atomic E-state index is 0.211. The normalized spacial score (nSPS) is 10.7. The Morgan fingerprint density at radius 1 is 1.37 bits per heavy atom. The molecule has 0 fully saturated rings. The standard InChI is InChI=1S/C21H23ClN4O3S/c1-13(26(2)9-8-23)14-4-5-16(18(10-14)28-3)17-11-15(29-25-17)12-24-21(27)19-6-7-20(22)30-19/h4-7,10-11H,1,8-9,12,23H2,2-3H3,(H,24,27). The summed E-state index contributed by atoms with van der Waals surface area (Å²) in [6.07, 6.45) is 0. The number of rotatable bonds is 9. The maximum Gasteiger partial charge on any atom is 0.261 e. The third-order valence-corrected chi connectivity index (χ3v) is 5.75. The number of likely N-dealkylation sites (N-methyl/N-ethyl adjacent to an activating group) is 1. The second kappa shape index (κ2) is 9.80. The molecule has 2 heterocycles. The first-order valence-electron chi connectivity index (χ1n) is 9.21. The number of methoxy groups -OCH3 is 1. The lowest BCUT2D eigenvalue weighted by Gasteiger charge is -2.21. The highest BCUT2D eigenvalue weighted by Gasteiger charge is 2.15. The summed E-state index contributed by atoms with van der Waals surface area (Å²) < 4.78 is 11.5. The van der Waals surface area contributed by atoms with Crippen LogP contribution in [-0.4, -0.2) is 43.2 Å². The van der Waals surface area contributed by atoms with E-state index in [4.69, 9.17) is 26.6 Å². The molecule has 9 heteroatoms. The molecule has 0 aliphatic carbocycles. The number of amides is 1. The summed E-state index contributed by atoms with van der Waals surface area (Å²) in [5.74, 6) is 0.957. The first-order valence-corrected chi connectivity index (χ1v) is 10.4. The Labute approximate surface area is 184 Å². The summed E-state index contributed by atoms with van der Waals surface area (Å²) in [7, 11) is 3.54. The van der Waals surface area contributed by atoms with Crippen molar-refractivity contribution in [2.24, 2.45) is 5.73 Å². The van der Waals surface area contributed by atoms with Crippen molar-refractivity contribution in [3.63, 3.8) is 0 Å². The number of carbonyl (C=O) groups is 1. The smallest absolute Gasteiger partial charge is 0.261 e. The minimum Gasteiger partial charge on any atom is -0.496 e. The van der Waals surface area contributed by atoms with Gasteiger partial charge in [0, 0.05) is 43.0 Å². The first-order chi connectivity index (χ1) is 14.4. The maximum atomic E-state index is 12.1. The Morgan fingerprint density at radius 2 is 2.17 bits per heavy atom. The fourth-order valence-electron chi connectivity index (χ4n) is 2.85. The Bertz CT molecular complexity index is 1050. The van der Waals surface area contributed by atoms with Crippen LogP contribution in [-0.2, 0) is 6.54 Å². The zero-order chi connectivity index (χ0) is 21.7. The number of hydrogen-bond donors (Lipinski definition) is 2. The fraction of sp³-hybridized carbons (Fsp3) is 0.238. The van der Waals surface area contributed by atoms with Crippen molar-refractivity contribution in [2.75, 3.05) is 27.2 Å². The molecule has 0 radical (unpaired) electrons. The molecule has 30 heavy (non-hydrogen) atoms. The molecule has 0 bridgehead atoms. The summed E-state index contributed by atoms with van der Waals surface area (Å²) in [5.41, 5.74) is 8.79. The SMILES string of the molecule is C=C(c1ccc(-c2cc(CNC(=O)c3ccc(Cl)s3)on2)c(OC)c1)N(C)CCN. The molecular weight excluding hydrogens is 424 g/mol. The highest BCUT2D eigenvalue weighted by atomic mass is 35.5. The molecule has 7 nitrogen and oxygen atoms in total. The molecule has 1 amide bonds. The highest BCUT2D eigenvalue weighted by molar-refractivity contribution is 7.17. The molecule has 3 rings (SSSR count). The molecule has 158 valence electrons. The number of nitrogens with one attached hydrogen (secondary N) is 1. The number of thiophene rings is 1. The van der Waals surface area contributed by atoms with Gasteiger partial charge < -0.3 is 25.2 Å². The number of ether oxygens (including phenoxy) is 1. The number of carbonyl (C=O) groups excluding carboxylic acids is 1. The molecule has 0 aliphatic heterocycles. The number of halogens is 1. The Kier molecular flexibility index (Phi) is 7.15. The van der Waals surface area contributed by atoms with Crippen LogP contribution in [0.4, 0.5) is 0 Å². The molecule has 3 aromatic rings. The highest BCUT2D eigenvalue weighted by Crippen LogP contribution is 2.32. The average Bonchev–Trinajstić information content (AvgIpc) is 3.40. The van der Waals surface area contributed by atoms with Gasteiger partial charge in [0.2, 0.25) is 0 Å². The van der Waals surface area contributed by atoms with Crippen LogP contribution in [0.2, 0.25) is 4.34 Å². The van der Waals surface area contributed by atoms with Crippen molar-refractivity contribution in [2.45, 2.75) is 6.54 Å². The Balaban J connectivity index is 1.72.